The van der Waals surface area contributed by atoms with Crippen LogP contribution in [0.2, 0.25) is 0 Å². The number of aryl methyl sites for hydroxylation is 1. The molecule has 2 aliphatic rings. The lowest BCUT2D eigenvalue weighted by Gasteiger charge is -2.13. The summed E-state index contributed by atoms with van der Waals surface area (Å²) < 4.78 is 0. The van der Waals surface area contributed by atoms with Crippen molar-refractivity contribution >= 4 is 28.2 Å². The van der Waals surface area contributed by atoms with Crippen LogP contribution in [-0.4, -0.2) is 28.6 Å². The number of thiophene rings is 1. The standard InChI is InChI=1S/C16H19N5O2S/c17-14(22)12-8-3-1-2-4-11(8)24-16(12)19-15(23)13-9-7-18-6-5-10(9)20-21-13/h18H,1-7H2,(H2,17,22)(H,19,23)(H,20,21). The van der Waals surface area contributed by atoms with Crippen molar-refractivity contribution in [2.75, 3.05) is 11.9 Å². The fourth-order valence-electron chi connectivity index (χ4n) is 3.49. The second-order valence-electron chi connectivity index (χ2n) is 6.19. The molecule has 0 bridgehead atoms. The number of primary amides is 1. The zero-order chi connectivity index (χ0) is 16.7. The summed E-state index contributed by atoms with van der Waals surface area (Å²) in [5.41, 5.74) is 9.35. The molecule has 7 nitrogen and oxygen atoms in total. The Bertz CT molecular complexity index is 823. The molecule has 1 aliphatic carbocycles. The number of nitrogens with zero attached hydrogens (tertiary/aromatic N) is 1. The first kappa shape index (κ1) is 15.3. The lowest BCUT2D eigenvalue weighted by molar-refractivity contribution is 0.100. The number of nitrogens with one attached hydrogen (secondary N) is 3. The van der Waals surface area contributed by atoms with Crippen LogP contribution in [0.1, 0.15) is 55.4 Å². The summed E-state index contributed by atoms with van der Waals surface area (Å²) in [5, 5.41) is 13.8. The molecular formula is C16H19N5O2S. The summed E-state index contributed by atoms with van der Waals surface area (Å²) in [5.74, 6) is -0.771. The topological polar surface area (TPSA) is 113 Å². The Kier molecular flexibility index (Phi) is 3.85. The molecule has 0 aromatic carbocycles. The molecule has 0 saturated heterocycles. The van der Waals surface area contributed by atoms with Gasteiger partial charge in [0.25, 0.3) is 11.8 Å². The number of hydrogen-bond donors (Lipinski definition) is 4. The minimum atomic E-state index is -0.476. The monoisotopic (exact) mass is 345 g/mol. The van der Waals surface area contributed by atoms with Gasteiger partial charge in [-0.15, -0.1) is 11.3 Å². The highest BCUT2D eigenvalue weighted by atomic mass is 32.1. The number of carbonyl (C=O) groups is 2. The number of anilines is 1. The van der Waals surface area contributed by atoms with E-state index in [0.717, 1.165) is 60.3 Å². The highest BCUT2D eigenvalue weighted by Gasteiger charge is 2.27. The molecule has 0 unspecified atom stereocenters. The zero-order valence-electron chi connectivity index (χ0n) is 13.2. The molecule has 0 spiro atoms. The van der Waals surface area contributed by atoms with Gasteiger partial charge in [-0.25, -0.2) is 0 Å². The lowest BCUT2D eigenvalue weighted by Crippen LogP contribution is -2.25. The van der Waals surface area contributed by atoms with Crippen LogP contribution in [0.5, 0.6) is 0 Å². The number of aromatic amines is 1. The Morgan fingerprint density at radius 2 is 2.00 bits per heavy atom. The highest BCUT2D eigenvalue weighted by molar-refractivity contribution is 7.17. The lowest BCUT2D eigenvalue weighted by atomic mass is 9.95. The van der Waals surface area contributed by atoms with Crippen LogP contribution in [0.15, 0.2) is 0 Å². The third-order valence-electron chi connectivity index (χ3n) is 4.67. The number of rotatable bonds is 3. The maximum Gasteiger partial charge on any atom is 0.277 e. The zero-order valence-corrected chi connectivity index (χ0v) is 14.0. The van der Waals surface area contributed by atoms with Gasteiger partial charge in [0.15, 0.2) is 5.69 Å². The van der Waals surface area contributed by atoms with Gasteiger partial charge in [-0.2, -0.15) is 5.10 Å². The van der Waals surface area contributed by atoms with Crippen LogP contribution < -0.4 is 16.4 Å². The fourth-order valence-corrected chi connectivity index (χ4v) is 4.78. The molecule has 0 atom stereocenters. The number of hydrogen-bond acceptors (Lipinski definition) is 5. The molecule has 2 aromatic heterocycles. The van der Waals surface area contributed by atoms with Gasteiger partial charge in [0.1, 0.15) is 5.00 Å². The summed E-state index contributed by atoms with van der Waals surface area (Å²) in [4.78, 5) is 25.7. The van der Waals surface area contributed by atoms with Crippen LogP contribution in [0.4, 0.5) is 5.00 Å². The van der Waals surface area contributed by atoms with Crippen molar-refractivity contribution in [2.24, 2.45) is 5.73 Å². The average molecular weight is 345 g/mol. The highest BCUT2D eigenvalue weighted by Crippen LogP contribution is 2.38. The first-order valence-electron chi connectivity index (χ1n) is 8.17. The van der Waals surface area contributed by atoms with E-state index < -0.39 is 5.91 Å². The molecular weight excluding hydrogens is 326 g/mol. The fraction of sp³-hybridized carbons (Fsp3) is 0.438. The first-order chi connectivity index (χ1) is 11.6. The van der Waals surface area contributed by atoms with Crippen molar-refractivity contribution < 1.29 is 9.59 Å². The van der Waals surface area contributed by atoms with Crippen molar-refractivity contribution in [2.45, 2.75) is 38.6 Å². The van der Waals surface area contributed by atoms with Crippen LogP contribution in [0, 0.1) is 0 Å². The number of fused-ring (bicyclic) bond motifs is 2. The molecule has 2 aromatic rings. The summed E-state index contributed by atoms with van der Waals surface area (Å²) >= 11 is 1.47. The van der Waals surface area contributed by atoms with E-state index >= 15 is 0 Å². The molecule has 8 heteroatoms. The van der Waals surface area contributed by atoms with Gasteiger partial charge in [-0.3, -0.25) is 14.7 Å². The number of aromatic nitrogens is 2. The predicted molar refractivity (Wildman–Crippen MR) is 91.4 cm³/mol. The minimum absolute atomic E-state index is 0.294. The van der Waals surface area contributed by atoms with Crippen LogP contribution in [0.3, 0.4) is 0 Å². The molecule has 3 heterocycles. The van der Waals surface area contributed by atoms with E-state index in [4.69, 9.17) is 5.73 Å². The van der Waals surface area contributed by atoms with Gasteiger partial charge in [0, 0.05) is 35.6 Å². The second-order valence-corrected chi connectivity index (χ2v) is 7.29. The number of amides is 2. The van der Waals surface area contributed by atoms with Gasteiger partial charge in [0.05, 0.1) is 5.56 Å². The molecule has 0 saturated carbocycles. The van der Waals surface area contributed by atoms with Crippen LogP contribution in [-0.2, 0) is 25.8 Å². The van der Waals surface area contributed by atoms with Gasteiger partial charge in [0.2, 0.25) is 0 Å². The minimum Gasteiger partial charge on any atom is -0.365 e. The van der Waals surface area contributed by atoms with Crippen LogP contribution in [0.25, 0.3) is 0 Å². The van der Waals surface area contributed by atoms with Gasteiger partial charge in [-0.1, -0.05) is 0 Å². The van der Waals surface area contributed by atoms with Crippen molar-refractivity contribution in [1.82, 2.24) is 15.5 Å². The van der Waals surface area contributed by atoms with Crippen molar-refractivity contribution in [3.63, 3.8) is 0 Å². The SMILES string of the molecule is NC(=O)c1c(NC(=O)c2n[nH]c3c2CNCC3)sc2c1CCCC2. The number of nitrogens with two attached hydrogens (primary N) is 1. The summed E-state index contributed by atoms with van der Waals surface area (Å²) in [7, 11) is 0. The predicted octanol–water partition coefficient (Wildman–Crippen LogP) is 1.35. The van der Waals surface area contributed by atoms with Gasteiger partial charge in [-0.05, 0) is 31.2 Å². The largest absolute Gasteiger partial charge is 0.365 e. The number of H-pyrrole nitrogens is 1. The maximum atomic E-state index is 12.7. The second kappa shape index (κ2) is 6.03. The third-order valence-corrected chi connectivity index (χ3v) is 5.87. The molecule has 4 rings (SSSR count). The smallest absolute Gasteiger partial charge is 0.277 e. The van der Waals surface area contributed by atoms with E-state index in [1.54, 1.807) is 0 Å². The van der Waals surface area contributed by atoms with E-state index in [0.29, 0.717) is 22.8 Å². The number of carbonyl (C=O) groups excluding carboxylic acids is 2. The molecule has 0 radical (unpaired) electrons. The molecule has 5 N–H and O–H groups in total. The van der Waals surface area contributed by atoms with Crippen molar-refractivity contribution in [3.8, 4) is 0 Å². The molecule has 0 fully saturated rings. The Hall–Kier alpha value is -2.19. The van der Waals surface area contributed by atoms with Crippen LogP contribution >= 0.6 is 11.3 Å². The van der Waals surface area contributed by atoms with E-state index in [-0.39, 0.29) is 5.91 Å². The summed E-state index contributed by atoms with van der Waals surface area (Å²) in [6.07, 6.45) is 4.78. The van der Waals surface area contributed by atoms with Crippen molar-refractivity contribution in [1.29, 1.82) is 0 Å². The average Bonchev–Trinajstić information content (AvgIpc) is 3.15. The van der Waals surface area contributed by atoms with E-state index in [1.165, 1.54) is 11.3 Å². The quantitative estimate of drug-likeness (QED) is 0.672. The van der Waals surface area contributed by atoms with E-state index in [2.05, 4.69) is 20.8 Å². The Morgan fingerprint density at radius 3 is 2.83 bits per heavy atom. The Morgan fingerprint density at radius 1 is 1.17 bits per heavy atom. The Balaban J connectivity index is 1.66. The normalized spacial score (nSPS) is 16.3. The van der Waals surface area contributed by atoms with E-state index in [9.17, 15) is 9.59 Å². The molecule has 2 amide bonds. The third kappa shape index (κ3) is 2.51. The first-order valence-corrected chi connectivity index (χ1v) is 8.99. The molecule has 126 valence electrons. The summed E-state index contributed by atoms with van der Waals surface area (Å²) in [6.45, 7) is 1.50. The van der Waals surface area contributed by atoms with Gasteiger partial charge < -0.3 is 16.4 Å². The molecule has 24 heavy (non-hydrogen) atoms. The maximum absolute atomic E-state index is 12.7. The summed E-state index contributed by atoms with van der Waals surface area (Å²) in [6, 6.07) is 0. The van der Waals surface area contributed by atoms with E-state index in [1.807, 2.05) is 0 Å². The molecule has 1 aliphatic heterocycles. The van der Waals surface area contributed by atoms with Crippen molar-refractivity contribution in [3.05, 3.63) is 33.0 Å². The Labute approximate surface area is 143 Å². The van der Waals surface area contributed by atoms with Gasteiger partial charge >= 0.3 is 0 Å².